The van der Waals surface area contributed by atoms with Gasteiger partial charge in [-0.3, -0.25) is 14.6 Å². The number of anilines is 1. The molecule has 0 aromatic carbocycles. The summed E-state index contributed by atoms with van der Waals surface area (Å²) in [6.45, 7) is 2.54. The van der Waals surface area contributed by atoms with Gasteiger partial charge in [0, 0.05) is 31.6 Å². The van der Waals surface area contributed by atoms with Crippen LogP contribution < -0.4 is 11.1 Å². The third kappa shape index (κ3) is 3.33. The zero-order valence-electron chi connectivity index (χ0n) is 15.9. The van der Waals surface area contributed by atoms with E-state index in [1.165, 1.54) is 13.1 Å². The predicted molar refractivity (Wildman–Crippen MR) is 103 cm³/mol. The van der Waals surface area contributed by atoms with Crippen molar-refractivity contribution in [1.82, 2.24) is 14.5 Å². The molecule has 0 spiro atoms. The number of pyridine rings is 1. The molecule has 9 nitrogen and oxygen atoms in total. The first-order valence-corrected chi connectivity index (χ1v) is 9.38. The van der Waals surface area contributed by atoms with E-state index in [9.17, 15) is 19.6 Å². The van der Waals surface area contributed by atoms with Crippen LogP contribution in [0.5, 0.6) is 0 Å². The largest absolute Gasteiger partial charge is 0.366 e. The molecule has 0 radical (unpaired) electrons. The number of Topliss-reactive ketones (excluding diaryl/α,β-unsaturated/α-hetero) is 1. The summed E-state index contributed by atoms with van der Waals surface area (Å²) >= 11 is 0. The number of rotatable bonds is 4. The van der Waals surface area contributed by atoms with Gasteiger partial charge in [-0.15, -0.1) is 0 Å². The third-order valence-electron chi connectivity index (χ3n) is 5.33. The lowest BCUT2D eigenvalue weighted by Gasteiger charge is -2.30. The van der Waals surface area contributed by atoms with E-state index >= 15 is 0 Å². The van der Waals surface area contributed by atoms with E-state index in [0.29, 0.717) is 35.7 Å². The number of amides is 3. The van der Waals surface area contributed by atoms with Gasteiger partial charge in [0.25, 0.3) is 5.91 Å². The lowest BCUT2D eigenvalue weighted by Crippen LogP contribution is -2.41. The van der Waals surface area contributed by atoms with E-state index in [1.54, 1.807) is 17.0 Å². The molecule has 2 aliphatic rings. The predicted octanol–water partition coefficient (Wildman–Crippen LogP) is 1.98. The minimum absolute atomic E-state index is 0.154. The van der Waals surface area contributed by atoms with Crippen LogP contribution in [0.4, 0.5) is 10.5 Å². The molecule has 29 heavy (non-hydrogen) atoms. The second kappa shape index (κ2) is 7.05. The van der Waals surface area contributed by atoms with E-state index in [1.807, 2.05) is 4.57 Å². The molecule has 3 heterocycles. The Balaban J connectivity index is 1.58. The molecule has 148 valence electrons. The maximum Gasteiger partial charge on any atom is 0.322 e. The summed E-state index contributed by atoms with van der Waals surface area (Å²) in [5, 5.41) is 12.4. The number of hydrogen-bond acceptors (Lipinski definition) is 5. The standard InChI is InChI=1S/C20H20N6O3/c1-11(27)15-5-4-13(9-23-15)24-20(29)25-6-7-26-16(10-25)17(19(22)28)14(8-21)18(26)12-2-3-12/h4-5,9,12H,2-3,6-7,10H2,1H3,(H2,22,28)(H,24,29). The third-order valence-corrected chi connectivity index (χ3v) is 5.33. The van der Waals surface area contributed by atoms with Crippen molar-refractivity contribution >= 4 is 23.4 Å². The Morgan fingerprint density at radius 1 is 1.28 bits per heavy atom. The van der Waals surface area contributed by atoms with Gasteiger partial charge in [-0.25, -0.2) is 4.79 Å². The van der Waals surface area contributed by atoms with Crippen LogP contribution in [0.3, 0.4) is 0 Å². The number of nitrogens with zero attached hydrogens (tertiary/aromatic N) is 4. The summed E-state index contributed by atoms with van der Waals surface area (Å²) in [6.07, 6.45) is 3.41. The molecule has 2 aromatic heterocycles. The lowest BCUT2D eigenvalue weighted by molar-refractivity contribution is 0.0992. The first-order chi connectivity index (χ1) is 13.9. The smallest absolute Gasteiger partial charge is 0.322 e. The number of urea groups is 1. The number of nitrogens with two attached hydrogens (primary N) is 1. The quantitative estimate of drug-likeness (QED) is 0.767. The first-order valence-electron chi connectivity index (χ1n) is 9.38. The number of ketones is 1. The Kier molecular flexibility index (Phi) is 4.54. The highest BCUT2D eigenvalue weighted by Crippen LogP contribution is 2.44. The van der Waals surface area contributed by atoms with Crippen LogP contribution in [0.15, 0.2) is 18.3 Å². The fourth-order valence-corrected chi connectivity index (χ4v) is 3.80. The highest BCUT2D eigenvalue weighted by Gasteiger charge is 2.37. The molecule has 1 aliphatic carbocycles. The number of carbonyl (C=O) groups is 3. The highest BCUT2D eigenvalue weighted by atomic mass is 16.2. The average Bonchev–Trinajstić information content (AvgIpc) is 3.48. The summed E-state index contributed by atoms with van der Waals surface area (Å²) in [5.41, 5.74) is 8.42. The summed E-state index contributed by atoms with van der Waals surface area (Å²) in [6, 6.07) is 4.96. The SMILES string of the molecule is CC(=O)c1ccc(NC(=O)N2CCn3c(c(C(N)=O)c(C#N)c3C3CC3)C2)cn1. The van der Waals surface area contributed by atoms with Crippen molar-refractivity contribution in [3.05, 3.63) is 46.5 Å². The topological polar surface area (TPSA) is 134 Å². The zero-order valence-corrected chi connectivity index (χ0v) is 15.9. The number of nitriles is 1. The molecule has 1 aliphatic heterocycles. The Hall–Kier alpha value is -3.67. The molecule has 0 saturated heterocycles. The molecule has 1 fully saturated rings. The van der Waals surface area contributed by atoms with Crippen LogP contribution in [0.25, 0.3) is 0 Å². The number of hydrogen-bond donors (Lipinski definition) is 2. The normalized spacial score (nSPS) is 15.4. The van der Waals surface area contributed by atoms with Crippen LogP contribution in [0.1, 0.15) is 63.5 Å². The molecule has 1 saturated carbocycles. The van der Waals surface area contributed by atoms with Gasteiger partial charge < -0.3 is 20.5 Å². The van der Waals surface area contributed by atoms with E-state index in [-0.39, 0.29) is 29.8 Å². The van der Waals surface area contributed by atoms with Gasteiger partial charge in [0.2, 0.25) is 0 Å². The number of fused-ring (bicyclic) bond motifs is 1. The van der Waals surface area contributed by atoms with E-state index < -0.39 is 5.91 Å². The van der Waals surface area contributed by atoms with Crippen LogP contribution in [-0.2, 0) is 13.1 Å². The second-order valence-electron chi connectivity index (χ2n) is 7.32. The fraction of sp³-hybridized carbons (Fsp3) is 0.350. The van der Waals surface area contributed by atoms with Crippen molar-refractivity contribution < 1.29 is 14.4 Å². The minimum atomic E-state index is -0.650. The van der Waals surface area contributed by atoms with Crippen LogP contribution >= 0.6 is 0 Å². The van der Waals surface area contributed by atoms with Crippen LogP contribution in [0.2, 0.25) is 0 Å². The summed E-state index contributed by atoms with van der Waals surface area (Å²) in [5.74, 6) is -0.523. The van der Waals surface area contributed by atoms with Gasteiger partial charge in [0.1, 0.15) is 11.8 Å². The van der Waals surface area contributed by atoms with E-state index in [2.05, 4.69) is 16.4 Å². The Morgan fingerprint density at radius 3 is 2.59 bits per heavy atom. The molecule has 0 unspecified atom stereocenters. The van der Waals surface area contributed by atoms with Gasteiger partial charge in [0.05, 0.1) is 35.2 Å². The molecule has 3 amide bonds. The van der Waals surface area contributed by atoms with Gasteiger partial charge in [0.15, 0.2) is 5.78 Å². The molecular weight excluding hydrogens is 372 g/mol. The average molecular weight is 392 g/mol. The first kappa shape index (κ1) is 18.7. The lowest BCUT2D eigenvalue weighted by atomic mass is 10.1. The molecule has 0 bridgehead atoms. The second-order valence-corrected chi connectivity index (χ2v) is 7.32. The Bertz CT molecular complexity index is 1060. The molecule has 0 atom stereocenters. The fourth-order valence-electron chi connectivity index (χ4n) is 3.80. The minimum Gasteiger partial charge on any atom is -0.366 e. The summed E-state index contributed by atoms with van der Waals surface area (Å²) in [7, 11) is 0. The van der Waals surface area contributed by atoms with Gasteiger partial charge in [-0.1, -0.05) is 0 Å². The van der Waals surface area contributed by atoms with Crippen molar-refractivity contribution in [2.24, 2.45) is 5.73 Å². The maximum atomic E-state index is 12.7. The maximum absolute atomic E-state index is 12.7. The Labute approximate surface area is 167 Å². The van der Waals surface area contributed by atoms with E-state index in [0.717, 1.165) is 18.5 Å². The van der Waals surface area contributed by atoms with Crippen molar-refractivity contribution in [3.63, 3.8) is 0 Å². The number of aromatic nitrogens is 2. The number of carbonyl (C=O) groups excluding carboxylic acids is 3. The van der Waals surface area contributed by atoms with Crippen molar-refractivity contribution in [2.75, 3.05) is 11.9 Å². The monoisotopic (exact) mass is 392 g/mol. The van der Waals surface area contributed by atoms with Crippen molar-refractivity contribution in [2.45, 2.75) is 38.8 Å². The zero-order chi connectivity index (χ0) is 20.7. The van der Waals surface area contributed by atoms with Crippen LogP contribution in [-0.4, -0.2) is 38.7 Å². The van der Waals surface area contributed by atoms with E-state index in [4.69, 9.17) is 5.73 Å². The molecule has 2 aromatic rings. The number of primary amides is 1. The van der Waals surface area contributed by atoms with Crippen molar-refractivity contribution in [1.29, 1.82) is 5.26 Å². The van der Waals surface area contributed by atoms with Gasteiger partial charge in [-0.05, 0) is 25.0 Å². The van der Waals surface area contributed by atoms with Gasteiger partial charge in [-0.2, -0.15) is 5.26 Å². The summed E-state index contributed by atoms with van der Waals surface area (Å²) < 4.78 is 1.99. The Morgan fingerprint density at radius 2 is 2.03 bits per heavy atom. The van der Waals surface area contributed by atoms with Crippen LogP contribution in [0, 0.1) is 11.3 Å². The van der Waals surface area contributed by atoms with Crippen molar-refractivity contribution in [3.8, 4) is 6.07 Å². The highest BCUT2D eigenvalue weighted by molar-refractivity contribution is 5.98. The van der Waals surface area contributed by atoms with Gasteiger partial charge >= 0.3 is 6.03 Å². The number of nitrogens with one attached hydrogen (secondary N) is 1. The molecule has 9 heteroatoms. The molecule has 3 N–H and O–H groups in total. The molecule has 4 rings (SSSR count). The summed E-state index contributed by atoms with van der Waals surface area (Å²) in [4.78, 5) is 41.7. The molecular formula is C20H20N6O3.